The van der Waals surface area contributed by atoms with Crippen molar-refractivity contribution < 1.29 is 9.53 Å². The zero-order valence-corrected chi connectivity index (χ0v) is 13.3. The lowest BCUT2D eigenvalue weighted by Gasteiger charge is -2.34. The predicted molar refractivity (Wildman–Crippen MR) is 78.7 cm³/mol. The lowest BCUT2D eigenvalue weighted by Crippen LogP contribution is -2.49. The molecule has 0 unspecified atom stereocenters. The van der Waals surface area contributed by atoms with Crippen LogP contribution in [0, 0.1) is 0 Å². The standard InChI is InChI=1S/C14H25N5O2/c1-14(2,3)21-13(20)19-7-5-6-11(10-19)15-8-12-9-16-17-18(12)4/h9,11,15H,5-8,10H2,1-4H3/t11-/m0/s1. The van der Waals surface area contributed by atoms with E-state index in [0.717, 1.165) is 25.1 Å². The van der Waals surface area contributed by atoms with Gasteiger partial charge in [0.25, 0.3) is 0 Å². The molecule has 2 heterocycles. The molecule has 1 atom stereocenters. The predicted octanol–water partition coefficient (Wildman–Crippen LogP) is 1.30. The highest BCUT2D eigenvalue weighted by atomic mass is 16.6. The van der Waals surface area contributed by atoms with Gasteiger partial charge in [-0.05, 0) is 33.6 Å². The van der Waals surface area contributed by atoms with Gasteiger partial charge in [-0.2, -0.15) is 0 Å². The Morgan fingerprint density at radius 2 is 2.29 bits per heavy atom. The number of ether oxygens (including phenoxy) is 1. The number of nitrogens with zero attached hydrogens (tertiary/aromatic N) is 4. The molecule has 1 fully saturated rings. The Hall–Kier alpha value is -1.63. The van der Waals surface area contributed by atoms with Crippen molar-refractivity contribution in [1.29, 1.82) is 0 Å². The van der Waals surface area contributed by atoms with Crippen LogP contribution in [0.15, 0.2) is 6.20 Å². The lowest BCUT2D eigenvalue weighted by molar-refractivity contribution is 0.0187. The fourth-order valence-electron chi connectivity index (χ4n) is 2.36. The van der Waals surface area contributed by atoms with Crippen LogP contribution in [0.3, 0.4) is 0 Å². The Labute approximate surface area is 125 Å². The molecule has 0 saturated carbocycles. The van der Waals surface area contributed by atoms with Crippen molar-refractivity contribution in [3.8, 4) is 0 Å². The minimum atomic E-state index is -0.447. The Balaban J connectivity index is 1.83. The second-order valence-corrected chi connectivity index (χ2v) is 6.50. The Morgan fingerprint density at radius 1 is 1.52 bits per heavy atom. The van der Waals surface area contributed by atoms with E-state index in [4.69, 9.17) is 4.74 Å². The van der Waals surface area contributed by atoms with Gasteiger partial charge >= 0.3 is 6.09 Å². The average Bonchev–Trinajstić information content (AvgIpc) is 2.80. The maximum absolute atomic E-state index is 12.1. The molecule has 1 aliphatic heterocycles. The number of hydrogen-bond donors (Lipinski definition) is 1. The van der Waals surface area contributed by atoms with Gasteiger partial charge in [0.15, 0.2) is 0 Å². The molecule has 1 aliphatic rings. The number of amides is 1. The third-order valence-electron chi connectivity index (χ3n) is 3.45. The Morgan fingerprint density at radius 3 is 2.90 bits per heavy atom. The number of carbonyl (C=O) groups is 1. The molecule has 0 aromatic carbocycles. The summed E-state index contributed by atoms with van der Waals surface area (Å²) in [4.78, 5) is 13.9. The number of rotatable bonds is 3. The van der Waals surface area contributed by atoms with Crippen LogP contribution in [0.1, 0.15) is 39.3 Å². The van der Waals surface area contributed by atoms with E-state index in [1.165, 1.54) is 0 Å². The molecular formula is C14H25N5O2. The van der Waals surface area contributed by atoms with E-state index in [0.29, 0.717) is 13.1 Å². The largest absolute Gasteiger partial charge is 0.444 e. The fraction of sp³-hybridized carbons (Fsp3) is 0.786. The third-order valence-corrected chi connectivity index (χ3v) is 3.45. The van der Waals surface area contributed by atoms with Crippen LogP contribution >= 0.6 is 0 Å². The second-order valence-electron chi connectivity index (χ2n) is 6.50. The maximum atomic E-state index is 12.1. The van der Waals surface area contributed by atoms with E-state index in [2.05, 4.69) is 15.6 Å². The summed E-state index contributed by atoms with van der Waals surface area (Å²) in [5.41, 5.74) is 0.585. The van der Waals surface area contributed by atoms with E-state index in [9.17, 15) is 4.79 Å². The first-order chi connectivity index (χ1) is 9.85. The monoisotopic (exact) mass is 295 g/mol. The van der Waals surface area contributed by atoms with Gasteiger partial charge in [-0.1, -0.05) is 5.21 Å². The molecule has 7 heteroatoms. The zero-order chi connectivity index (χ0) is 15.5. The average molecular weight is 295 g/mol. The second kappa shape index (κ2) is 6.43. The van der Waals surface area contributed by atoms with Crippen LogP contribution < -0.4 is 5.32 Å². The maximum Gasteiger partial charge on any atom is 0.410 e. The molecule has 1 amide bonds. The smallest absolute Gasteiger partial charge is 0.410 e. The van der Waals surface area contributed by atoms with Crippen molar-refractivity contribution in [2.75, 3.05) is 13.1 Å². The molecule has 0 radical (unpaired) electrons. The number of aryl methyl sites for hydroxylation is 1. The van der Waals surface area contributed by atoms with Gasteiger partial charge in [0.05, 0.1) is 11.9 Å². The van der Waals surface area contributed by atoms with Gasteiger partial charge in [-0.15, -0.1) is 5.10 Å². The molecule has 21 heavy (non-hydrogen) atoms. The molecule has 0 spiro atoms. The van der Waals surface area contributed by atoms with E-state index >= 15 is 0 Å². The van der Waals surface area contributed by atoms with E-state index < -0.39 is 5.60 Å². The van der Waals surface area contributed by atoms with Gasteiger partial charge < -0.3 is 15.0 Å². The van der Waals surface area contributed by atoms with E-state index in [-0.39, 0.29) is 12.1 Å². The first-order valence-corrected chi connectivity index (χ1v) is 7.40. The van der Waals surface area contributed by atoms with Crippen molar-refractivity contribution in [1.82, 2.24) is 25.2 Å². The van der Waals surface area contributed by atoms with Crippen molar-refractivity contribution in [2.45, 2.75) is 51.8 Å². The first-order valence-electron chi connectivity index (χ1n) is 7.40. The van der Waals surface area contributed by atoms with E-state index in [1.54, 1.807) is 15.8 Å². The van der Waals surface area contributed by atoms with Crippen molar-refractivity contribution in [3.05, 3.63) is 11.9 Å². The highest BCUT2D eigenvalue weighted by Crippen LogP contribution is 2.15. The van der Waals surface area contributed by atoms with Crippen LogP contribution in [0.2, 0.25) is 0 Å². The number of nitrogens with one attached hydrogen (secondary N) is 1. The normalized spacial score (nSPS) is 19.6. The topological polar surface area (TPSA) is 72.3 Å². The molecule has 7 nitrogen and oxygen atoms in total. The minimum absolute atomic E-state index is 0.226. The summed E-state index contributed by atoms with van der Waals surface area (Å²) in [7, 11) is 1.87. The number of carbonyl (C=O) groups excluding carboxylic acids is 1. The van der Waals surface area contributed by atoms with Crippen molar-refractivity contribution >= 4 is 6.09 Å². The highest BCUT2D eigenvalue weighted by molar-refractivity contribution is 5.68. The quantitative estimate of drug-likeness (QED) is 0.910. The number of aromatic nitrogens is 3. The summed E-state index contributed by atoms with van der Waals surface area (Å²) in [5.74, 6) is 0. The summed E-state index contributed by atoms with van der Waals surface area (Å²) in [5, 5.41) is 11.2. The van der Waals surface area contributed by atoms with Crippen LogP contribution in [-0.4, -0.2) is 50.7 Å². The molecule has 0 aliphatic carbocycles. The summed E-state index contributed by atoms with van der Waals surface area (Å²) in [6, 6.07) is 0.279. The molecule has 0 bridgehead atoms. The SMILES string of the molecule is Cn1nncc1CN[C@H]1CCCN(C(=O)OC(C)(C)C)C1. The van der Waals surface area contributed by atoms with Gasteiger partial charge in [0.1, 0.15) is 5.60 Å². The Kier molecular flexibility index (Phi) is 4.82. The third kappa shape index (κ3) is 4.70. The molecule has 1 saturated heterocycles. The fourth-order valence-corrected chi connectivity index (χ4v) is 2.36. The Bertz CT molecular complexity index is 480. The summed E-state index contributed by atoms with van der Waals surface area (Å²) in [6.07, 6.45) is 3.57. The molecule has 2 rings (SSSR count). The van der Waals surface area contributed by atoms with Crippen LogP contribution in [0.25, 0.3) is 0 Å². The highest BCUT2D eigenvalue weighted by Gasteiger charge is 2.27. The van der Waals surface area contributed by atoms with E-state index in [1.807, 2.05) is 27.8 Å². The molecule has 1 N–H and O–H groups in total. The van der Waals surface area contributed by atoms with Gasteiger partial charge in [0.2, 0.25) is 0 Å². The molecule has 1 aromatic heterocycles. The van der Waals surface area contributed by atoms with Crippen molar-refractivity contribution in [2.24, 2.45) is 7.05 Å². The number of piperidine rings is 1. The van der Waals surface area contributed by atoms with Gasteiger partial charge in [-0.25, -0.2) is 4.79 Å². The van der Waals surface area contributed by atoms with Crippen LogP contribution in [0.5, 0.6) is 0 Å². The van der Waals surface area contributed by atoms with Crippen LogP contribution in [-0.2, 0) is 18.3 Å². The minimum Gasteiger partial charge on any atom is -0.444 e. The molecule has 1 aromatic rings. The summed E-state index contributed by atoms with van der Waals surface area (Å²) >= 11 is 0. The summed E-state index contributed by atoms with van der Waals surface area (Å²) in [6.45, 7) is 7.82. The number of likely N-dealkylation sites (tertiary alicyclic amines) is 1. The number of hydrogen-bond acceptors (Lipinski definition) is 5. The summed E-state index contributed by atoms with van der Waals surface area (Å²) < 4.78 is 7.18. The zero-order valence-electron chi connectivity index (χ0n) is 13.3. The molecule has 118 valence electrons. The van der Waals surface area contributed by atoms with Gasteiger partial charge in [0, 0.05) is 32.7 Å². The van der Waals surface area contributed by atoms with Gasteiger partial charge in [-0.3, -0.25) is 4.68 Å². The molecular weight excluding hydrogens is 270 g/mol. The van der Waals surface area contributed by atoms with Crippen molar-refractivity contribution in [3.63, 3.8) is 0 Å². The first kappa shape index (κ1) is 15.8. The lowest BCUT2D eigenvalue weighted by atomic mass is 10.1. The van der Waals surface area contributed by atoms with Crippen LogP contribution in [0.4, 0.5) is 4.79 Å².